The van der Waals surface area contributed by atoms with Crippen molar-refractivity contribution in [3.05, 3.63) is 87.6 Å². The van der Waals surface area contributed by atoms with Gasteiger partial charge in [0.05, 0.1) is 6.54 Å². The second kappa shape index (κ2) is 11.7. The molecule has 3 aromatic rings. The van der Waals surface area contributed by atoms with Crippen LogP contribution in [-0.4, -0.2) is 34.8 Å². The van der Waals surface area contributed by atoms with E-state index >= 15 is 0 Å². The molecule has 3 amide bonds. The maximum atomic E-state index is 13.4. The fourth-order valence-corrected chi connectivity index (χ4v) is 4.23. The zero-order valence-corrected chi connectivity index (χ0v) is 19.9. The van der Waals surface area contributed by atoms with Crippen LogP contribution in [-0.2, 0) is 17.9 Å². The first-order valence-corrected chi connectivity index (χ1v) is 11.8. The average molecular weight is 470 g/mol. The molecule has 0 spiro atoms. The van der Waals surface area contributed by atoms with Gasteiger partial charge in [-0.05, 0) is 41.1 Å². The first-order chi connectivity index (χ1) is 15.4. The summed E-state index contributed by atoms with van der Waals surface area (Å²) in [6.45, 7) is 5.52. The van der Waals surface area contributed by atoms with Gasteiger partial charge in [-0.15, -0.1) is 11.3 Å². The number of nitrogens with zero attached hydrogens (tertiary/aromatic N) is 2. The maximum Gasteiger partial charge on any atom is 0.322 e. The van der Waals surface area contributed by atoms with E-state index in [-0.39, 0.29) is 24.4 Å². The van der Waals surface area contributed by atoms with E-state index in [4.69, 9.17) is 11.6 Å². The van der Waals surface area contributed by atoms with Crippen LogP contribution >= 0.6 is 22.9 Å². The summed E-state index contributed by atoms with van der Waals surface area (Å²) in [5, 5.41) is 5.41. The summed E-state index contributed by atoms with van der Waals surface area (Å²) in [6.07, 6.45) is 0. The van der Waals surface area contributed by atoms with E-state index in [1.54, 1.807) is 45.4 Å². The highest BCUT2D eigenvalue weighted by Gasteiger charge is 2.23. The number of urea groups is 1. The van der Waals surface area contributed by atoms with Gasteiger partial charge in [-0.2, -0.15) is 0 Å². The topological polar surface area (TPSA) is 52.7 Å². The Hall–Kier alpha value is -2.83. The number of hydrogen-bond donors (Lipinski definition) is 1. The Morgan fingerprint density at radius 1 is 0.969 bits per heavy atom. The maximum absolute atomic E-state index is 13.4. The predicted octanol–water partition coefficient (Wildman–Crippen LogP) is 6.12. The van der Waals surface area contributed by atoms with E-state index in [1.165, 1.54) is 0 Å². The van der Waals surface area contributed by atoms with Crippen molar-refractivity contribution in [1.29, 1.82) is 0 Å². The molecule has 0 aliphatic heterocycles. The van der Waals surface area contributed by atoms with Crippen molar-refractivity contribution in [2.45, 2.75) is 26.9 Å². The fourth-order valence-electron chi connectivity index (χ4n) is 3.32. The van der Waals surface area contributed by atoms with Gasteiger partial charge in [0.2, 0.25) is 5.91 Å². The molecule has 0 atom stereocenters. The summed E-state index contributed by atoms with van der Waals surface area (Å²) in [6, 6.07) is 20.6. The van der Waals surface area contributed by atoms with Crippen LogP contribution in [0.2, 0.25) is 5.02 Å². The van der Waals surface area contributed by atoms with Crippen molar-refractivity contribution >= 4 is 40.6 Å². The van der Waals surface area contributed by atoms with Crippen LogP contribution in [0.25, 0.3) is 0 Å². The summed E-state index contributed by atoms with van der Waals surface area (Å²) >= 11 is 7.66. The molecule has 168 valence electrons. The Labute approximate surface area is 198 Å². The third-order valence-corrected chi connectivity index (χ3v) is 5.87. The minimum atomic E-state index is -0.315. The minimum Gasteiger partial charge on any atom is -0.332 e. The van der Waals surface area contributed by atoms with Crippen LogP contribution in [0.4, 0.5) is 10.5 Å². The molecular weight excluding hydrogens is 442 g/mol. The number of anilines is 1. The number of rotatable bonds is 9. The Kier molecular flexibility index (Phi) is 8.71. The van der Waals surface area contributed by atoms with Crippen LogP contribution in [0.15, 0.2) is 72.1 Å². The Morgan fingerprint density at radius 3 is 2.41 bits per heavy atom. The number of halogens is 1. The van der Waals surface area contributed by atoms with Gasteiger partial charge >= 0.3 is 6.03 Å². The van der Waals surface area contributed by atoms with E-state index < -0.39 is 0 Å². The molecule has 5 nitrogen and oxygen atoms in total. The molecule has 7 heteroatoms. The monoisotopic (exact) mass is 469 g/mol. The van der Waals surface area contributed by atoms with Gasteiger partial charge < -0.3 is 15.1 Å². The number of amides is 3. The van der Waals surface area contributed by atoms with E-state index in [1.807, 2.05) is 61.7 Å². The summed E-state index contributed by atoms with van der Waals surface area (Å²) in [7, 11) is 0. The number of hydrogen-bond acceptors (Lipinski definition) is 3. The average Bonchev–Trinajstić information content (AvgIpc) is 3.26. The fraction of sp³-hybridized carbons (Fsp3) is 0.280. The molecule has 2 aromatic carbocycles. The standard InChI is InChI=1S/C25H28ClN3O2S/c1-19(2)15-29(25(31)27-22-11-6-10-21(26)14-22)18-24(30)28(17-23-12-7-13-32-23)16-20-8-4-3-5-9-20/h3-14,19H,15-18H2,1-2H3,(H,27,31). The lowest BCUT2D eigenvalue weighted by Gasteiger charge is -2.29. The van der Waals surface area contributed by atoms with E-state index in [0.29, 0.717) is 30.3 Å². The normalized spacial score (nSPS) is 10.8. The highest BCUT2D eigenvalue weighted by atomic mass is 35.5. The van der Waals surface area contributed by atoms with Gasteiger partial charge in [0, 0.05) is 28.7 Å². The number of nitrogens with one attached hydrogen (secondary N) is 1. The van der Waals surface area contributed by atoms with Crippen LogP contribution < -0.4 is 5.32 Å². The molecule has 0 saturated carbocycles. The van der Waals surface area contributed by atoms with Gasteiger partial charge in [-0.3, -0.25) is 4.79 Å². The van der Waals surface area contributed by atoms with Gasteiger partial charge in [-0.25, -0.2) is 4.79 Å². The first kappa shape index (κ1) is 23.8. The molecule has 0 bridgehead atoms. The summed E-state index contributed by atoms with van der Waals surface area (Å²) in [5.41, 5.74) is 1.65. The summed E-state index contributed by atoms with van der Waals surface area (Å²) < 4.78 is 0. The summed E-state index contributed by atoms with van der Waals surface area (Å²) in [4.78, 5) is 30.8. The van der Waals surface area contributed by atoms with Crippen LogP contribution in [0.5, 0.6) is 0 Å². The van der Waals surface area contributed by atoms with Crippen LogP contribution in [0, 0.1) is 5.92 Å². The Balaban J connectivity index is 1.75. The molecule has 0 fully saturated rings. The highest BCUT2D eigenvalue weighted by molar-refractivity contribution is 7.09. The first-order valence-electron chi connectivity index (χ1n) is 10.6. The van der Waals surface area contributed by atoms with Crippen molar-refractivity contribution < 1.29 is 9.59 Å². The molecule has 0 saturated heterocycles. The van der Waals surface area contributed by atoms with Gasteiger partial charge in [-0.1, -0.05) is 67.9 Å². The molecule has 0 radical (unpaired) electrons. The highest BCUT2D eigenvalue weighted by Crippen LogP contribution is 2.17. The SMILES string of the molecule is CC(C)CN(CC(=O)N(Cc1ccccc1)Cc1cccs1)C(=O)Nc1cccc(Cl)c1. The zero-order valence-electron chi connectivity index (χ0n) is 18.3. The molecule has 0 unspecified atom stereocenters. The van der Waals surface area contributed by atoms with Crippen LogP contribution in [0.1, 0.15) is 24.3 Å². The van der Waals surface area contributed by atoms with Crippen molar-refractivity contribution in [3.8, 4) is 0 Å². The number of carbonyl (C=O) groups is 2. The predicted molar refractivity (Wildman–Crippen MR) is 132 cm³/mol. The lowest BCUT2D eigenvalue weighted by atomic mass is 10.2. The largest absolute Gasteiger partial charge is 0.332 e. The lowest BCUT2D eigenvalue weighted by Crippen LogP contribution is -2.45. The van der Waals surface area contributed by atoms with Crippen LogP contribution in [0.3, 0.4) is 0 Å². The zero-order chi connectivity index (χ0) is 22.9. The molecule has 1 heterocycles. The third-order valence-electron chi connectivity index (χ3n) is 4.77. The number of benzene rings is 2. The number of thiophene rings is 1. The Morgan fingerprint density at radius 2 is 1.75 bits per heavy atom. The molecule has 3 rings (SSSR count). The van der Waals surface area contributed by atoms with Gasteiger partial charge in [0.15, 0.2) is 0 Å². The van der Waals surface area contributed by atoms with E-state index in [2.05, 4.69) is 5.32 Å². The molecule has 1 N–H and O–H groups in total. The molecule has 0 aliphatic rings. The second-order valence-corrected chi connectivity index (χ2v) is 9.50. The van der Waals surface area contributed by atoms with Crippen molar-refractivity contribution in [2.24, 2.45) is 5.92 Å². The molecule has 1 aromatic heterocycles. The third kappa shape index (κ3) is 7.39. The van der Waals surface area contributed by atoms with E-state index in [9.17, 15) is 9.59 Å². The van der Waals surface area contributed by atoms with Gasteiger partial charge in [0.25, 0.3) is 0 Å². The Bertz CT molecular complexity index is 1010. The van der Waals surface area contributed by atoms with Crippen molar-refractivity contribution in [3.63, 3.8) is 0 Å². The van der Waals surface area contributed by atoms with Gasteiger partial charge in [0.1, 0.15) is 6.54 Å². The lowest BCUT2D eigenvalue weighted by molar-refractivity contribution is -0.133. The van der Waals surface area contributed by atoms with E-state index in [0.717, 1.165) is 10.4 Å². The quantitative estimate of drug-likeness (QED) is 0.410. The van der Waals surface area contributed by atoms with Crippen molar-refractivity contribution in [1.82, 2.24) is 9.80 Å². The number of carbonyl (C=O) groups excluding carboxylic acids is 2. The van der Waals surface area contributed by atoms with Crippen molar-refractivity contribution in [2.75, 3.05) is 18.4 Å². The summed E-state index contributed by atoms with van der Waals surface area (Å²) in [5.74, 6) is 0.122. The minimum absolute atomic E-state index is 0.00277. The smallest absolute Gasteiger partial charge is 0.322 e. The second-order valence-electron chi connectivity index (χ2n) is 8.03. The molecule has 32 heavy (non-hydrogen) atoms. The molecular formula is C25H28ClN3O2S. The molecule has 0 aliphatic carbocycles.